The lowest BCUT2D eigenvalue weighted by molar-refractivity contribution is -0.130. The zero-order valence-corrected chi connectivity index (χ0v) is 20.7. The van der Waals surface area contributed by atoms with Gasteiger partial charge < -0.3 is 20.8 Å². The van der Waals surface area contributed by atoms with Gasteiger partial charge >= 0.3 is 0 Å². The third-order valence-corrected chi connectivity index (χ3v) is 6.46. The fraction of sp³-hybridized carbons (Fsp3) is 0.333. The molecule has 3 rings (SSSR count). The number of carbonyl (C=O) groups excluding carboxylic acids is 2. The van der Waals surface area contributed by atoms with Crippen molar-refractivity contribution in [3.05, 3.63) is 93.2 Å². The molecule has 4 N–H and O–H groups in total. The summed E-state index contributed by atoms with van der Waals surface area (Å²) in [6.45, 7) is 2.60. The first-order valence-corrected chi connectivity index (χ1v) is 12.6. The number of aryl methyl sites for hydroxylation is 1. The minimum absolute atomic E-state index is 0.0724. The van der Waals surface area contributed by atoms with Crippen molar-refractivity contribution in [2.24, 2.45) is 0 Å². The lowest BCUT2D eigenvalue weighted by Crippen LogP contribution is -2.51. The van der Waals surface area contributed by atoms with Crippen molar-refractivity contribution >= 4 is 23.0 Å². The Morgan fingerprint density at radius 2 is 1.72 bits per heavy atom. The average Bonchev–Trinajstić information content (AvgIpc) is 3.38. The van der Waals surface area contributed by atoms with Crippen LogP contribution in [0.3, 0.4) is 0 Å². The summed E-state index contributed by atoms with van der Waals surface area (Å²) in [5.41, 5.74) is 2.84. The molecule has 0 bridgehead atoms. The summed E-state index contributed by atoms with van der Waals surface area (Å²) >= 11 is 1.33. The smallest absolute Gasteiger partial charge is 0.249 e. The molecular formula is C27H30F2N2O4S. The standard InChI is InChI=1S/C27H30F2N2O4S/c1-2-17-4-3-5-18(8-17)14-30-15-26(34)23(11-19-9-21(28)12-22(29)10-19)31-27(35)25(33)13-24(32)20-6-7-36-16-20/h3-10,12,16,23,25-26,30,33-34H,2,11,13-15H2,1H3,(H,31,35)/t23-,25?,26-/m0/s1. The zero-order chi connectivity index (χ0) is 26.1. The van der Waals surface area contributed by atoms with Crippen LogP contribution in [0.25, 0.3) is 0 Å². The van der Waals surface area contributed by atoms with E-state index in [1.165, 1.54) is 16.9 Å². The topological polar surface area (TPSA) is 98.7 Å². The molecule has 0 aliphatic carbocycles. The first kappa shape index (κ1) is 27.6. The largest absolute Gasteiger partial charge is 0.390 e. The summed E-state index contributed by atoms with van der Waals surface area (Å²) in [6, 6.07) is 11.6. The van der Waals surface area contributed by atoms with E-state index in [1.54, 1.807) is 16.8 Å². The van der Waals surface area contributed by atoms with Crippen LogP contribution >= 0.6 is 11.3 Å². The molecule has 0 spiro atoms. The number of thiophene rings is 1. The van der Waals surface area contributed by atoms with Gasteiger partial charge in [0.1, 0.15) is 17.7 Å². The number of carbonyl (C=O) groups is 2. The molecule has 0 radical (unpaired) electrons. The molecule has 36 heavy (non-hydrogen) atoms. The van der Waals surface area contributed by atoms with Gasteiger partial charge in [0.25, 0.3) is 0 Å². The van der Waals surface area contributed by atoms with Gasteiger partial charge in [-0.3, -0.25) is 9.59 Å². The fourth-order valence-corrected chi connectivity index (χ4v) is 4.48. The van der Waals surface area contributed by atoms with E-state index in [2.05, 4.69) is 23.6 Å². The van der Waals surface area contributed by atoms with E-state index >= 15 is 0 Å². The summed E-state index contributed by atoms with van der Waals surface area (Å²) in [4.78, 5) is 24.9. The van der Waals surface area contributed by atoms with Crippen molar-refractivity contribution in [2.75, 3.05) is 6.54 Å². The second-order valence-electron chi connectivity index (χ2n) is 8.62. The predicted octanol–water partition coefficient (Wildman–Crippen LogP) is 3.40. The number of amides is 1. The number of nitrogens with one attached hydrogen (secondary N) is 2. The molecule has 192 valence electrons. The van der Waals surface area contributed by atoms with E-state index in [0.29, 0.717) is 12.1 Å². The maximum absolute atomic E-state index is 13.7. The molecule has 3 aromatic rings. The SMILES string of the molecule is CCc1cccc(CNC[C@H](O)[C@H](Cc2cc(F)cc(F)c2)NC(=O)C(O)CC(=O)c2ccsc2)c1. The van der Waals surface area contributed by atoms with Gasteiger partial charge in [-0.2, -0.15) is 11.3 Å². The third kappa shape index (κ3) is 8.30. The highest BCUT2D eigenvalue weighted by Gasteiger charge is 2.27. The number of Topliss-reactive ketones (excluding diaryl/α,β-unsaturated/α-hetero) is 1. The Hall–Kier alpha value is -2.98. The molecule has 0 saturated heterocycles. The molecule has 0 aliphatic rings. The van der Waals surface area contributed by atoms with E-state index in [1.807, 2.05) is 18.2 Å². The second-order valence-corrected chi connectivity index (χ2v) is 9.40. The van der Waals surface area contributed by atoms with Crippen LogP contribution in [-0.4, -0.2) is 46.7 Å². The Morgan fingerprint density at radius 3 is 2.39 bits per heavy atom. The van der Waals surface area contributed by atoms with Crippen LogP contribution in [0.2, 0.25) is 0 Å². The van der Waals surface area contributed by atoms with E-state index < -0.39 is 42.2 Å². The monoisotopic (exact) mass is 516 g/mol. The number of ketones is 1. The Balaban J connectivity index is 1.66. The molecule has 0 aliphatic heterocycles. The lowest BCUT2D eigenvalue weighted by Gasteiger charge is -2.26. The van der Waals surface area contributed by atoms with Gasteiger partial charge in [-0.25, -0.2) is 8.78 Å². The van der Waals surface area contributed by atoms with Crippen LogP contribution in [0.15, 0.2) is 59.3 Å². The first-order valence-electron chi connectivity index (χ1n) is 11.7. The first-order chi connectivity index (χ1) is 17.2. The van der Waals surface area contributed by atoms with E-state index in [4.69, 9.17) is 0 Å². The van der Waals surface area contributed by atoms with Crippen LogP contribution in [0.5, 0.6) is 0 Å². The summed E-state index contributed by atoms with van der Waals surface area (Å²) in [5.74, 6) is -2.80. The molecule has 6 nitrogen and oxygen atoms in total. The van der Waals surface area contributed by atoms with Crippen LogP contribution in [0.1, 0.15) is 40.4 Å². The van der Waals surface area contributed by atoms with Crippen molar-refractivity contribution in [2.45, 2.75) is 51.0 Å². The lowest BCUT2D eigenvalue weighted by atomic mass is 9.99. The highest BCUT2D eigenvalue weighted by Crippen LogP contribution is 2.14. The Bertz CT molecular complexity index is 1140. The van der Waals surface area contributed by atoms with Gasteiger partial charge in [-0.15, -0.1) is 0 Å². The zero-order valence-electron chi connectivity index (χ0n) is 19.9. The second kappa shape index (κ2) is 13.4. The minimum Gasteiger partial charge on any atom is -0.390 e. The summed E-state index contributed by atoms with van der Waals surface area (Å²) in [5, 5.41) is 30.2. The maximum atomic E-state index is 13.7. The Morgan fingerprint density at radius 1 is 1.00 bits per heavy atom. The van der Waals surface area contributed by atoms with Gasteiger partial charge in [0.05, 0.1) is 12.1 Å². The van der Waals surface area contributed by atoms with Crippen LogP contribution in [0.4, 0.5) is 8.78 Å². The van der Waals surface area contributed by atoms with Crippen molar-refractivity contribution in [1.29, 1.82) is 0 Å². The third-order valence-electron chi connectivity index (χ3n) is 5.78. The summed E-state index contributed by atoms with van der Waals surface area (Å²) in [6.07, 6.45) is -2.40. The number of benzene rings is 2. The van der Waals surface area contributed by atoms with Crippen LogP contribution in [0, 0.1) is 11.6 Å². The van der Waals surface area contributed by atoms with Gasteiger partial charge in [0, 0.05) is 36.5 Å². The van der Waals surface area contributed by atoms with Gasteiger partial charge in [0.2, 0.25) is 5.91 Å². The molecule has 1 aromatic heterocycles. The van der Waals surface area contributed by atoms with Gasteiger partial charge in [0.15, 0.2) is 5.78 Å². The molecule has 1 unspecified atom stereocenters. The molecular weight excluding hydrogens is 486 g/mol. The van der Waals surface area contributed by atoms with Crippen molar-refractivity contribution in [3.63, 3.8) is 0 Å². The quantitative estimate of drug-likeness (QED) is 0.261. The summed E-state index contributed by atoms with van der Waals surface area (Å²) in [7, 11) is 0. The average molecular weight is 517 g/mol. The molecule has 2 aromatic carbocycles. The Labute approximate surface area is 213 Å². The number of halogens is 2. The minimum atomic E-state index is -1.64. The van der Waals surface area contributed by atoms with Crippen molar-refractivity contribution < 1.29 is 28.6 Å². The Kier molecular flexibility index (Phi) is 10.2. The molecule has 0 fully saturated rings. The fourth-order valence-electron chi connectivity index (χ4n) is 3.82. The number of rotatable bonds is 13. The van der Waals surface area contributed by atoms with Crippen molar-refractivity contribution in [3.8, 4) is 0 Å². The van der Waals surface area contributed by atoms with Gasteiger partial charge in [-0.1, -0.05) is 31.2 Å². The maximum Gasteiger partial charge on any atom is 0.249 e. The highest BCUT2D eigenvalue weighted by molar-refractivity contribution is 7.08. The molecule has 3 atom stereocenters. The molecule has 9 heteroatoms. The number of aliphatic hydroxyl groups excluding tert-OH is 2. The molecule has 1 heterocycles. The highest BCUT2D eigenvalue weighted by atomic mass is 32.1. The summed E-state index contributed by atoms with van der Waals surface area (Å²) < 4.78 is 27.4. The molecule has 1 amide bonds. The number of hydrogen-bond donors (Lipinski definition) is 4. The number of hydrogen-bond acceptors (Lipinski definition) is 6. The van der Waals surface area contributed by atoms with Crippen LogP contribution < -0.4 is 10.6 Å². The molecule has 0 saturated carbocycles. The predicted molar refractivity (Wildman–Crippen MR) is 135 cm³/mol. The number of aliphatic hydroxyl groups is 2. The van der Waals surface area contributed by atoms with Crippen LogP contribution in [-0.2, 0) is 24.2 Å². The van der Waals surface area contributed by atoms with Gasteiger partial charge in [-0.05, 0) is 53.1 Å². The van der Waals surface area contributed by atoms with E-state index in [-0.39, 0.29) is 24.3 Å². The normalized spacial score (nSPS) is 13.7. The van der Waals surface area contributed by atoms with E-state index in [9.17, 15) is 28.6 Å². The van der Waals surface area contributed by atoms with E-state index in [0.717, 1.165) is 30.2 Å². The van der Waals surface area contributed by atoms with Crippen molar-refractivity contribution in [1.82, 2.24) is 10.6 Å².